The summed E-state index contributed by atoms with van der Waals surface area (Å²) in [5, 5.41) is 3.71. The van der Waals surface area contributed by atoms with E-state index in [0.717, 1.165) is 13.0 Å². The molecule has 0 aromatic rings. The lowest BCUT2D eigenvalue weighted by Gasteiger charge is -2.33. The fraction of sp³-hybridized carbons (Fsp3) is 0.923. The maximum absolute atomic E-state index is 4.66. The molecule has 0 atom stereocenters. The van der Waals surface area contributed by atoms with Crippen LogP contribution in [0.5, 0.6) is 0 Å². The van der Waals surface area contributed by atoms with Crippen LogP contribution in [0.2, 0.25) is 0 Å². The Kier molecular flexibility index (Phi) is 5.13. The van der Waals surface area contributed by atoms with Crippen molar-refractivity contribution in [2.45, 2.75) is 71.3 Å². The Balaban J connectivity index is 2.59. The second kappa shape index (κ2) is 6.14. The van der Waals surface area contributed by atoms with Crippen LogP contribution >= 0.6 is 0 Å². The molecule has 2 heteroatoms. The minimum absolute atomic E-state index is 0.295. The van der Waals surface area contributed by atoms with Crippen molar-refractivity contribution in [1.29, 1.82) is 0 Å². The quantitative estimate of drug-likeness (QED) is 0.754. The Morgan fingerprint density at radius 1 is 1.07 bits per heavy atom. The third kappa shape index (κ3) is 3.51. The third-order valence-corrected chi connectivity index (χ3v) is 3.81. The van der Waals surface area contributed by atoms with E-state index in [9.17, 15) is 0 Å². The zero-order valence-electron chi connectivity index (χ0n) is 10.6. The Labute approximate surface area is 94.6 Å². The van der Waals surface area contributed by atoms with Crippen LogP contribution in [0.15, 0.2) is 4.99 Å². The number of rotatable bonds is 4. The molecule has 0 radical (unpaired) electrons. The molecule has 1 aliphatic heterocycles. The van der Waals surface area contributed by atoms with Gasteiger partial charge in [0.2, 0.25) is 0 Å². The van der Waals surface area contributed by atoms with Crippen molar-refractivity contribution >= 4 is 5.84 Å². The van der Waals surface area contributed by atoms with Crippen LogP contribution in [0.1, 0.15) is 65.7 Å². The van der Waals surface area contributed by atoms with Gasteiger partial charge in [0.05, 0.1) is 5.84 Å². The lowest BCUT2D eigenvalue weighted by molar-refractivity contribution is 0.337. The zero-order valence-corrected chi connectivity index (χ0v) is 10.6. The average Bonchev–Trinajstić information content (AvgIpc) is 2.54. The fourth-order valence-electron chi connectivity index (χ4n) is 2.30. The Morgan fingerprint density at radius 2 is 1.73 bits per heavy atom. The molecule has 0 aromatic carbocycles. The predicted molar refractivity (Wildman–Crippen MR) is 67.5 cm³/mol. The number of hydrogen-bond acceptors (Lipinski definition) is 2. The van der Waals surface area contributed by atoms with Crippen LogP contribution in [0.4, 0.5) is 0 Å². The van der Waals surface area contributed by atoms with Crippen molar-refractivity contribution in [3.8, 4) is 0 Å². The van der Waals surface area contributed by atoms with Crippen LogP contribution in [0.3, 0.4) is 0 Å². The molecular formula is C13H26N2. The van der Waals surface area contributed by atoms with E-state index < -0.39 is 0 Å². The van der Waals surface area contributed by atoms with E-state index in [1.54, 1.807) is 0 Å². The molecule has 1 N–H and O–H groups in total. The molecule has 15 heavy (non-hydrogen) atoms. The molecule has 1 heterocycles. The summed E-state index contributed by atoms with van der Waals surface area (Å²) in [6, 6.07) is 0. The van der Waals surface area contributed by atoms with Gasteiger partial charge in [-0.05, 0) is 32.1 Å². The molecule has 0 fully saturated rings. The lowest BCUT2D eigenvalue weighted by Crippen LogP contribution is -2.47. The van der Waals surface area contributed by atoms with Gasteiger partial charge in [-0.15, -0.1) is 0 Å². The minimum Gasteiger partial charge on any atom is -0.368 e. The van der Waals surface area contributed by atoms with Gasteiger partial charge in [0.1, 0.15) is 0 Å². The van der Waals surface area contributed by atoms with Gasteiger partial charge in [-0.3, -0.25) is 4.99 Å². The van der Waals surface area contributed by atoms with Gasteiger partial charge in [-0.25, -0.2) is 0 Å². The number of hydrogen-bond donors (Lipinski definition) is 1. The topological polar surface area (TPSA) is 24.4 Å². The molecular weight excluding hydrogens is 184 g/mol. The van der Waals surface area contributed by atoms with Gasteiger partial charge in [0.15, 0.2) is 0 Å². The highest BCUT2D eigenvalue weighted by Gasteiger charge is 2.24. The molecule has 0 amide bonds. The number of nitrogens with zero attached hydrogens (tertiary/aromatic N) is 1. The summed E-state index contributed by atoms with van der Waals surface area (Å²) >= 11 is 0. The van der Waals surface area contributed by atoms with E-state index in [-0.39, 0.29) is 0 Å². The Hall–Kier alpha value is -0.530. The van der Waals surface area contributed by atoms with Gasteiger partial charge < -0.3 is 5.32 Å². The standard InChI is InChI=1S/C13H26N2/c1-4-13(5-2,6-3)15-12-10-8-7-9-11-14-12/h4-11H2,1-3H3,(H,14,15). The van der Waals surface area contributed by atoms with Crippen molar-refractivity contribution in [2.24, 2.45) is 4.99 Å². The first-order chi connectivity index (χ1) is 7.26. The maximum Gasteiger partial charge on any atom is 0.0967 e. The van der Waals surface area contributed by atoms with Crippen molar-refractivity contribution in [1.82, 2.24) is 5.32 Å². The summed E-state index contributed by atoms with van der Waals surface area (Å²) in [5.41, 5.74) is 0.295. The largest absolute Gasteiger partial charge is 0.368 e. The first kappa shape index (κ1) is 12.5. The second-order valence-corrected chi connectivity index (χ2v) is 4.61. The summed E-state index contributed by atoms with van der Waals surface area (Å²) in [5.74, 6) is 1.26. The SMILES string of the molecule is CCC(CC)(CC)NC1=NCCCCC1. The van der Waals surface area contributed by atoms with E-state index in [4.69, 9.17) is 0 Å². The van der Waals surface area contributed by atoms with Gasteiger partial charge >= 0.3 is 0 Å². The highest BCUT2D eigenvalue weighted by molar-refractivity contribution is 5.83. The molecule has 0 unspecified atom stereocenters. The molecule has 0 aliphatic carbocycles. The monoisotopic (exact) mass is 210 g/mol. The molecule has 0 bridgehead atoms. The van der Waals surface area contributed by atoms with Crippen molar-refractivity contribution in [3.05, 3.63) is 0 Å². The highest BCUT2D eigenvalue weighted by atomic mass is 15.1. The van der Waals surface area contributed by atoms with Crippen molar-refractivity contribution in [2.75, 3.05) is 6.54 Å². The predicted octanol–water partition coefficient (Wildman–Crippen LogP) is 3.52. The number of nitrogens with one attached hydrogen (secondary N) is 1. The Morgan fingerprint density at radius 3 is 2.33 bits per heavy atom. The van der Waals surface area contributed by atoms with Gasteiger partial charge in [0, 0.05) is 18.5 Å². The molecule has 2 nitrogen and oxygen atoms in total. The summed E-state index contributed by atoms with van der Waals surface area (Å²) in [6.07, 6.45) is 8.65. The van der Waals surface area contributed by atoms with E-state index in [0.29, 0.717) is 5.54 Å². The smallest absolute Gasteiger partial charge is 0.0967 e. The molecule has 0 spiro atoms. The first-order valence-electron chi connectivity index (χ1n) is 6.58. The summed E-state index contributed by atoms with van der Waals surface area (Å²) in [4.78, 5) is 4.66. The molecule has 0 aromatic heterocycles. The molecule has 1 rings (SSSR count). The van der Waals surface area contributed by atoms with Crippen LogP contribution in [0, 0.1) is 0 Å². The number of amidine groups is 1. The van der Waals surface area contributed by atoms with Gasteiger partial charge in [-0.1, -0.05) is 27.2 Å². The second-order valence-electron chi connectivity index (χ2n) is 4.61. The summed E-state index contributed by atoms with van der Waals surface area (Å²) in [7, 11) is 0. The van der Waals surface area contributed by atoms with E-state index in [1.807, 2.05) is 0 Å². The zero-order chi connectivity index (χ0) is 11.1. The fourth-order valence-corrected chi connectivity index (χ4v) is 2.30. The van der Waals surface area contributed by atoms with E-state index >= 15 is 0 Å². The van der Waals surface area contributed by atoms with Crippen LogP contribution in [-0.2, 0) is 0 Å². The minimum atomic E-state index is 0.295. The van der Waals surface area contributed by atoms with E-state index in [1.165, 1.54) is 44.4 Å². The molecule has 1 aliphatic rings. The summed E-state index contributed by atoms with van der Waals surface area (Å²) in [6.45, 7) is 7.85. The molecule has 0 saturated heterocycles. The highest BCUT2D eigenvalue weighted by Crippen LogP contribution is 2.20. The molecule has 88 valence electrons. The first-order valence-corrected chi connectivity index (χ1v) is 6.58. The van der Waals surface area contributed by atoms with Crippen molar-refractivity contribution < 1.29 is 0 Å². The maximum atomic E-state index is 4.66. The van der Waals surface area contributed by atoms with Gasteiger partial charge in [0.25, 0.3) is 0 Å². The van der Waals surface area contributed by atoms with Gasteiger partial charge in [-0.2, -0.15) is 0 Å². The van der Waals surface area contributed by atoms with Crippen molar-refractivity contribution in [3.63, 3.8) is 0 Å². The normalized spacial score (nSPS) is 18.2. The van der Waals surface area contributed by atoms with E-state index in [2.05, 4.69) is 31.1 Å². The Bertz CT molecular complexity index is 196. The van der Waals surface area contributed by atoms with Crippen LogP contribution < -0.4 is 5.32 Å². The lowest BCUT2D eigenvalue weighted by atomic mass is 9.89. The average molecular weight is 210 g/mol. The van der Waals surface area contributed by atoms with Crippen LogP contribution in [0.25, 0.3) is 0 Å². The van der Waals surface area contributed by atoms with Crippen LogP contribution in [-0.4, -0.2) is 17.9 Å². The summed E-state index contributed by atoms with van der Waals surface area (Å²) < 4.78 is 0. The molecule has 0 saturated carbocycles. The number of aliphatic imine (C=N–C) groups is 1. The third-order valence-electron chi connectivity index (χ3n) is 3.81.